The standard InChI is InChI=1S/C25H24ClFN2O5.Co/c1-24-11-17-20(21(28(2)29(17)32)13-6-5-7-14(27)8-13)23(31)25(24,12-24)22(30)15-9-16(26)19(34-4)10-18(15)33-3;/h5-8,10,17,20-21H,11-12H2,1-4H3;/t17?,20?,21?,24-,25+;/m1./s1. The van der Waals surface area contributed by atoms with Crippen LogP contribution in [0.15, 0.2) is 30.3 Å². The van der Waals surface area contributed by atoms with Gasteiger partial charge in [0.25, 0.3) is 0 Å². The maximum atomic E-state index is 14.1. The molecule has 2 saturated carbocycles. The molecule has 5 atom stereocenters. The Morgan fingerprint density at radius 1 is 1.26 bits per heavy atom. The Balaban J connectivity index is 0.00000289. The van der Waals surface area contributed by atoms with E-state index in [0.29, 0.717) is 24.2 Å². The number of ether oxygens (including phenoxy) is 2. The minimum Gasteiger partial charge on any atom is -0.540 e. The van der Waals surface area contributed by atoms with Crippen molar-refractivity contribution in [1.29, 1.82) is 0 Å². The molecular formula is C25H24ClCoFN2O5. The van der Waals surface area contributed by atoms with Gasteiger partial charge in [-0.3, -0.25) is 4.79 Å². The summed E-state index contributed by atoms with van der Waals surface area (Å²) in [6.07, 6.45) is 0.680. The molecule has 10 heteroatoms. The number of hydrogen-bond acceptors (Lipinski definition) is 5. The Hall–Kier alpha value is -2.49. The second kappa shape index (κ2) is 8.57. The van der Waals surface area contributed by atoms with Gasteiger partial charge in [0.2, 0.25) is 6.04 Å². The van der Waals surface area contributed by atoms with E-state index in [1.807, 2.05) is 6.92 Å². The molecular weight excluding hydrogens is 522 g/mol. The first kappa shape index (κ1) is 25.6. The van der Waals surface area contributed by atoms with E-state index in [1.54, 1.807) is 19.2 Å². The Bertz CT molecular complexity index is 1260. The predicted molar refractivity (Wildman–Crippen MR) is 120 cm³/mol. The zero-order valence-electron chi connectivity index (χ0n) is 19.6. The molecule has 187 valence electrons. The fourth-order valence-corrected chi connectivity index (χ4v) is 6.36. The third-order valence-corrected chi connectivity index (χ3v) is 8.18. The molecule has 0 bridgehead atoms. The third kappa shape index (κ3) is 3.42. The molecule has 3 unspecified atom stereocenters. The van der Waals surface area contributed by atoms with E-state index in [2.05, 4.69) is 6.07 Å². The van der Waals surface area contributed by atoms with E-state index in [9.17, 15) is 18.9 Å². The van der Waals surface area contributed by atoms with Gasteiger partial charge in [-0.25, -0.2) is 4.39 Å². The van der Waals surface area contributed by atoms with Crippen molar-refractivity contribution in [1.82, 2.24) is 5.01 Å². The second-order valence-corrected chi connectivity index (χ2v) is 9.98. The molecule has 1 aliphatic heterocycles. The van der Waals surface area contributed by atoms with Crippen molar-refractivity contribution in [3.05, 3.63) is 63.3 Å². The number of benzene rings is 2. The first-order valence-corrected chi connectivity index (χ1v) is 11.3. The fourth-order valence-electron chi connectivity index (χ4n) is 6.14. The van der Waals surface area contributed by atoms with Crippen molar-refractivity contribution in [2.75, 3.05) is 21.3 Å². The maximum Gasteiger partial charge on any atom is 0.247 e. The van der Waals surface area contributed by atoms with Crippen LogP contribution in [0.4, 0.5) is 4.39 Å². The molecule has 1 heterocycles. The summed E-state index contributed by atoms with van der Waals surface area (Å²) in [6.45, 7) is 1.86. The van der Waals surface area contributed by atoms with E-state index >= 15 is 0 Å². The van der Waals surface area contributed by atoms with Crippen LogP contribution in [-0.4, -0.2) is 48.8 Å². The number of methoxy groups -OCH3 is 2. The molecule has 2 aromatic carbocycles. The van der Waals surface area contributed by atoms with Gasteiger partial charge < -0.3 is 14.3 Å². The molecule has 3 fully saturated rings. The molecule has 1 saturated heterocycles. The largest absolute Gasteiger partial charge is 0.540 e. The number of Topliss-reactive ketones (excluding diaryl/α,β-unsaturated/α-hetero) is 2. The second-order valence-electron chi connectivity index (χ2n) is 9.60. The summed E-state index contributed by atoms with van der Waals surface area (Å²) in [6, 6.07) is 8.92. The Morgan fingerprint density at radius 2 is 1.94 bits per heavy atom. The molecule has 2 aromatic rings. The van der Waals surface area contributed by atoms with Gasteiger partial charge in [-0.15, -0.1) is 22.7 Å². The molecule has 3 aliphatic rings. The number of nitrogens with zero attached hydrogens (tertiary/aromatic N) is 2. The quantitative estimate of drug-likeness (QED) is 0.242. The van der Waals surface area contributed by atoms with E-state index < -0.39 is 40.4 Å². The number of rotatable bonds is 5. The summed E-state index contributed by atoms with van der Waals surface area (Å²) in [4.78, 5) is 42.0. The van der Waals surface area contributed by atoms with Crippen LogP contribution in [0.1, 0.15) is 41.7 Å². The number of carbonyl (C=O) groups is 2. The van der Waals surface area contributed by atoms with Crippen LogP contribution >= 0.6 is 11.6 Å². The van der Waals surface area contributed by atoms with Gasteiger partial charge in [-0.05, 0) is 34.6 Å². The van der Waals surface area contributed by atoms with Crippen molar-refractivity contribution in [3.8, 4) is 11.5 Å². The summed E-state index contributed by atoms with van der Waals surface area (Å²) >= 11 is 6.25. The summed E-state index contributed by atoms with van der Waals surface area (Å²) in [7, 11) is 4.45. The number of carbonyl (C=O) groups excluding carboxylic acids is 2. The Kier molecular flexibility index (Phi) is 6.26. The zero-order valence-corrected chi connectivity index (χ0v) is 21.4. The number of ketones is 2. The first-order chi connectivity index (χ1) is 16.1. The van der Waals surface area contributed by atoms with Gasteiger partial charge >= 0.3 is 0 Å². The van der Waals surface area contributed by atoms with E-state index in [-0.39, 0.29) is 38.9 Å². The van der Waals surface area contributed by atoms with Crippen LogP contribution in [0.5, 0.6) is 11.5 Å². The summed E-state index contributed by atoms with van der Waals surface area (Å²) in [5, 5.41) is 1.54. The van der Waals surface area contributed by atoms with Gasteiger partial charge in [0.05, 0.1) is 43.1 Å². The molecule has 0 amide bonds. The number of hydrogen-bond donors (Lipinski definition) is 0. The molecule has 2 aliphatic carbocycles. The van der Waals surface area contributed by atoms with Crippen LogP contribution in [0.3, 0.4) is 0 Å². The zero-order chi connectivity index (χ0) is 24.6. The van der Waals surface area contributed by atoms with Crippen LogP contribution in [0.25, 0.3) is 0 Å². The molecule has 0 N–H and O–H groups in total. The smallest absolute Gasteiger partial charge is 0.247 e. The minimum absolute atomic E-state index is 0. The van der Waals surface area contributed by atoms with E-state index in [0.717, 1.165) is 4.87 Å². The summed E-state index contributed by atoms with van der Waals surface area (Å²) in [5.74, 6) is -1.47. The molecule has 5 rings (SSSR count). The molecule has 0 aromatic heterocycles. The Morgan fingerprint density at radius 3 is 2.57 bits per heavy atom. The average Bonchev–Trinajstić information content (AvgIpc) is 3.39. The van der Waals surface area contributed by atoms with Crippen LogP contribution in [-0.2, 0) is 21.6 Å². The van der Waals surface area contributed by atoms with Crippen molar-refractivity contribution < 1.29 is 45.1 Å². The van der Waals surface area contributed by atoms with Gasteiger partial charge in [0, 0.05) is 28.9 Å². The monoisotopic (exact) mass is 545 g/mol. The van der Waals surface area contributed by atoms with Crippen molar-refractivity contribution in [2.24, 2.45) is 16.7 Å². The van der Waals surface area contributed by atoms with Crippen molar-refractivity contribution in [2.45, 2.75) is 31.8 Å². The Labute approximate surface area is 217 Å². The normalized spacial score (nSPS) is 30.8. The molecule has 7 nitrogen and oxygen atoms in total. The van der Waals surface area contributed by atoms with Crippen LogP contribution in [0.2, 0.25) is 5.02 Å². The molecule has 1 radical (unpaired) electrons. The topological polar surface area (TPSA) is 75.9 Å². The summed E-state index contributed by atoms with van der Waals surface area (Å²) < 4.78 is 24.6. The number of fused-ring (bicyclic) bond motifs is 2. The van der Waals surface area contributed by atoms with E-state index in [1.165, 1.54) is 37.4 Å². The minimum atomic E-state index is -1.33. The van der Waals surface area contributed by atoms with Gasteiger partial charge in [-0.1, -0.05) is 30.7 Å². The van der Waals surface area contributed by atoms with Gasteiger partial charge in [0.15, 0.2) is 5.78 Å². The van der Waals surface area contributed by atoms with Crippen LogP contribution < -0.4 is 9.47 Å². The van der Waals surface area contributed by atoms with E-state index in [4.69, 9.17) is 21.1 Å². The van der Waals surface area contributed by atoms with Crippen molar-refractivity contribution in [3.63, 3.8) is 0 Å². The fraction of sp³-hybridized carbons (Fsp3) is 0.440. The number of hydrazine groups is 1. The molecule has 0 spiro atoms. The maximum absolute atomic E-state index is 14.1. The van der Waals surface area contributed by atoms with Crippen LogP contribution in [0, 0.1) is 33.5 Å². The first-order valence-electron chi connectivity index (χ1n) is 11.0. The number of nitroso groups, excluding NO2 is 1. The predicted octanol–water partition coefficient (Wildman–Crippen LogP) is 4.21. The average molecular weight is 546 g/mol. The molecule has 35 heavy (non-hydrogen) atoms. The van der Waals surface area contributed by atoms with Crippen molar-refractivity contribution >= 4 is 23.2 Å². The SMILES string of the molecule is COc1cc(OC)c(C(=O)[C@]23C[C@@]2(C)CC2C(C3=O)C(c3cccc(F)c3)N(C)[N+]2=O)[c-]c1Cl.[Co]. The van der Waals surface area contributed by atoms with Gasteiger partial charge in [-0.2, -0.15) is 0 Å². The third-order valence-electron chi connectivity index (χ3n) is 7.90. The summed E-state index contributed by atoms with van der Waals surface area (Å²) in [5.41, 5.74) is -1.41. The number of halogens is 2. The van der Waals surface area contributed by atoms with Gasteiger partial charge in [0.1, 0.15) is 22.6 Å².